The molecule has 4 rings (SSSR count). The van der Waals surface area contributed by atoms with Gasteiger partial charge in [-0.1, -0.05) is 66.7 Å². The Hall–Kier alpha value is -2.38. The van der Waals surface area contributed by atoms with Gasteiger partial charge in [0.2, 0.25) is 0 Å². The van der Waals surface area contributed by atoms with Crippen LogP contribution in [0.4, 0.5) is 0 Å². The fourth-order valence-electron chi connectivity index (χ4n) is 2.64. The Morgan fingerprint density at radius 3 is 2.38 bits per heavy atom. The highest BCUT2D eigenvalue weighted by atomic mass is 32.1. The molecular weight excluding hydrogens is 272 g/mol. The average Bonchev–Trinajstić information content (AvgIpc) is 2.97. The van der Waals surface area contributed by atoms with Gasteiger partial charge < -0.3 is 0 Å². The van der Waals surface area contributed by atoms with E-state index < -0.39 is 0 Å². The van der Waals surface area contributed by atoms with Crippen LogP contribution in [0.5, 0.6) is 0 Å². The van der Waals surface area contributed by atoms with Gasteiger partial charge in [0.1, 0.15) is 0 Å². The van der Waals surface area contributed by atoms with Gasteiger partial charge in [-0.2, -0.15) is 0 Å². The second-order valence-electron chi connectivity index (χ2n) is 5.09. The molecule has 100 valence electrons. The first-order valence-electron chi connectivity index (χ1n) is 7.04. The van der Waals surface area contributed by atoms with Crippen LogP contribution in [0.1, 0.15) is 10.4 Å². The van der Waals surface area contributed by atoms with Crippen LogP contribution in [0.15, 0.2) is 72.8 Å². The van der Waals surface area contributed by atoms with Gasteiger partial charge in [0.25, 0.3) is 0 Å². The topological polar surface area (TPSA) is 0 Å². The molecule has 0 N–H and O–H groups in total. The van der Waals surface area contributed by atoms with Crippen LogP contribution >= 0.6 is 11.3 Å². The van der Waals surface area contributed by atoms with E-state index in [1.165, 1.54) is 31.3 Å². The minimum absolute atomic E-state index is 1.24. The zero-order valence-electron chi connectivity index (χ0n) is 11.5. The van der Waals surface area contributed by atoms with Crippen molar-refractivity contribution in [3.05, 3.63) is 83.2 Å². The first-order chi connectivity index (χ1) is 10.4. The Morgan fingerprint density at radius 2 is 1.48 bits per heavy atom. The molecule has 0 nitrogen and oxygen atoms in total. The molecule has 0 unspecified atom stereocenters. The maximum absolute atomic E-state index is 2.29. The molecule has 1 aromatic heterocycles. The van der Waals surface area contributed by atoms with E-state index in [-0.39, 0.29) is 0 Å². The predicted octanol–water partition coefficient (Wildman–Crippen LogP) is 6.22. The molecule has 0 radical (unpaired) electrons. The van der Waals surface area contributed by atoms with Gasteiger partial charge in [-0.25, -0.2) is 0 Å². The molecule has 1 heterocycles. The zero-order chi connectivity index (χ0) is 14.1. The van der Waals surface area contributed by atoms with Crippen LogP contribution in [-0.2, 0) is 0 Å². The van der Waals surface area contributed by atoms with Crippen LogP contribution in [0.2, 0.25) is 0 Å². The van der Waals surface area contributed by atoms with Gasteiger partial charge in [0.15, 0.2) is 0 Å². The van der Waals surface area contributed by atoms with Gasteiger partial charge in [0, 0.05) is 15.0 Å². The minimum Gasteiger partial charge on any atom is -0.136 e. The van der Waals surface area contributed by atoms with E-state index in [0.717, 1.165) is 0 Å². The number of rotatable bonds is 2. The van der Waals surface area contributed by atoms with Crippen molar-refractivity contribution < 1.29 is 0 Å². The largest absolute Gasteiger partial charge is 0.136 e. The van der Waals surface area contributed by atoms with Gasteiger partial charge in [-0.05, 0) is 34.5 Å². The molecule has 0 aliphatic heterocycles. The van der Waals surface area contributed by atoms with Crippen LogP contribution in [0.3, 0.4) is 0 Å². The minimum atomic E-state index is 1.24. The Kier molecular flexibility index (Phi) is 3.06. The molecule has 0 spiro atoms. The first-order valence-corrected chi connectivity index (χ1v) is 7.86. The Labute approximate surface area is 128 Å². The number of benzene rings is 3. The maximum atomic E-state index is 2.29. The second-order valence-corrected chi connectivity index (χ2v) is 6.21. The predicted molar refractivity (Wildman–Crippen MR) is 94.7 cm³/mol. The van der Waals surface area contributed by atoms with Crippen molar-refractivity contribution in [1.82, 2.24) is 0 Å². The maximum Gasteiger partial charge on any atom is 0.0355 e. The molecule has 4 aromatic rings. The van der Waals surface area contributed by atoms with Crippen molar-refractivity contribution in [2.24, 2.45) is 0 Å². The lowest BCUT2D eigenvalue weighted by Gasteiger charge is -1.97. The Bertz CT molecular complexity index is 930. The molecule has 3 aromatic carbocycles. The fourth-order valence-corrected chi connectivity index (χ4v) is 3.62. The average molecular weight is 286 g/mol. The van der Waals surface area contributed by atoms with Gasteiger partial charge in [-0.15, -0.1) is 11.3 Å². The van der Waals surface area contributed by atoms with Crippen molar-refractivity contribution in [1.29, 1.82) is 0 Å². The SMILES string of the molecule is C(=C\c1cc2c(ccc3ccccc32)s1)/c1ccccc1. The summed E-state index contributed by atoms with van der Waals surface area (Å²) in [7, 11) is 0. The van der Waals surface area contributed by atoms with Crippen molar-refractivity contribution in [2.45, 2.75) is 0 Å². The number of hydrogen-bond acceptors (Lipinski definition) is 1. The van der Waals surface area contributed by atoms with Gasteiger partial charge in [0.05, 0.1) is 0 Å². The van der Waals surface area contributed by atoms with Crippen molar-refractivity contribution in [3.63, 3.8) is 0 Å². The molecule has 0 bridgehead atoms. The highest BCUT2D eigenvalue weighted by Crippen LogP contribution is 2.32. The molecular formula is C20H14S. The van der Waals surface area contributed by atoms with Gasteiger partial charge in [-0.3, -0.25) is 0 Å². The van der Waals surface area contributed by atoms with Crippen molar-refractivity contribution >= 4 is 44.3 Å². The first kappa shape index (κ1) is 12.4. The number of fused-ring (bicyclic) bond motifs is 3. The lowest BCUT2D eigenvalue weighted by molar-refractivity contribution is 1.67. The van der Waals surface area contributed by atoms with Gasteiger partial charge >= 0.3 is 0 Å². The van der Waals surface area contributed by atoms with E-state index in [1.807, 2.05) is 17.4 Å². The van der Waals surface area contributed by atoms with Crippen LogP contribution < -0.4 is 0 Å². The summed E-state index contributed by atoms with van der Waals surface area (Å²) in [6.45, 7) is 0. The number of thiophene rings is 1. The number of hydrogen-bond donors (Lipinski definition) is 0. The summed E-state index contributed by atoms with van der Waals surface area (Å²) in [6.07, 6.45) is 4.38. The Morgan fingerprint density at radius 1 is 0.667 bits per heavy atom. The molecule has 0 fully saturated rings. The molecule has 0 atom stereocenters. The van der Waals surface area contributed by atoms with Crippen molar-refractivity contribution in [2.75, 3.05) is 0 Å². The highest BCUT2D eigenvalue weighted by molar-refractivity contribution is 7.20. The summed E-state index contributed by atoms with van der Waals surface area (Å²) < 4.78 is 1.35. The third-order valence-electron chi connectivity index (χ3n) is 3.68. The quantitative estimate of drug-likeness (QED) is 0.410. The zero-order valence-corrected chi connectivity index (χ0v) is 12.3. The molecule has 0 aliphatic carbocycles. The summed E-state index contributed by atoms with van der Waals surface area (Å²) in [5, 5.41) is 4.00. The summed E-state index contributed by atoms with van der Waals surface area (Å²) in [5.74, 6) is 0. The highest BCUT2D eigenvalue weighted by Gasteiger charge is 2.03. The molecule has 0 saturated carbocycles. The third-order valence-corrected chi connectivity index (χ3v) is 4.75. The molecule has 0 saturated heterocycles. The summed E-state index contributed by atoms with van der Waals surface area (Å²) >= 11 is 1.84. The monoisotopic (exact) mass is 286 g/mol. The third kappa shape index (κ3) is 2.37. The lowest BCUT2D eigenvalue weighted by atomic mass is 10.1. The Balaban J connectivity index is 1.80. The van der Waals surface area contributed by atoms with Crippen LogP contribution in [0, 0.1) is 0 Å². The molecule has 0 amide bonds. The molecule has 1 heteroatoms. The van der Waals surface area contributed by atoms with E-state index in [0.29, 0.717) is 0 Å². The van der Waals surface area contributed by atoms with Crippen LogP contribution in [-0.4, -0.2) is 0 Å². The van der Waals surface area contributed by atoms with E-state index in [4.69, 9.17) is 0 Å². The smallest absolute Gasteiger partial charge is 0.0355 e. The lowest BCUT2D eigenvalue weighted by Crippen LogP contribution is -1.71. The molecule has 21 heavy (non-hydrogen) atoms. The fraction of sp³-hybridized carbons (Fsp3) is 0. The van der Waals surface area contributed by atoms with E-state index in [1.54, 1.807) is 0 Å². The van der Waals surface area contributed by atoms with E-state index in [2.05, 4.69) is 78.9 Å². The summed E-state index contributed by atoms with van der Waals surface area (Å²) in [4.78, 5) is 1.30. The standard InChI is InChI=1S/C20H14S/c1-2-6-15(7-3-1)10-12-17-14-19-18-9-5-4-8-16(18)11-13-20(19)21-17/h1-14H/b12-10+. The summed E-state index contributed by atoms with van der Waals surface area (Å²) in [6, 6.07) is 25.7. The van der Waals surface area contributed by atoms with Crippen LogP contribution in [0.25, 0.3) is 33.0 Å². The second kappa shape index (κ2) is 5.19. The molecule has 0 aliphatic rings. The van der Waals surface area contributed by atoms with Crippen molar-refractivity contribution in [3.8, 4) is 0 Å². The normalized spacial score (nSPS) is 11.6. The van der Waals surface area contributed by atoms with E-state index in [9.17, 15) is 0 Å². The van der Waals surface area contributed by atoms with E-state index >= 15 is 0 Å². The summed E-state index contributed by atoms with van der Waals surface area (Å²) in [5.41, 5.74) is 1.24.